The molecule has 0 radical (unpaired) electrons. The molecule has 122 valence electrons. The zero-order valence-corrected chi connectivity index (χ0v) is 13.9. The van der Waals surface area contributed by atoms with Crippen molar-refractivity contribution in [3.05, 3.63) is 29.8 Å². The first-order chi connectivity index (χ1) is 10.2. The summed E-state index contributed by atoms with van der Waals surface area (Å²) in [5, 5.41) is 6.47. The maximum Gasteiger partial charge on any atom is 0.223 e. The zero-order valence-electron chi connectivity index (χ0n) is 13.1. The van der Waals surface area contributed by atoms with Crippen molar-refractivity contribution in [3.63, 3.8) is 0 Å². The van der Waals surface area contributed by atoms with Gasteiger partial charge < -0.3 is 15.4 Å². The second kappa shape index (κ2) is 7.34. The summed E-state index contributed by atoms with van der Waals surface area (Å²) in [5.41, 5.74) is 1.52. The molecule has 1 atom stereocenters. The molecule has 2 N–H and O–H groups in total. The minimum absolute atomic E-state index is 0. The molecule has 4 nitrogen and oxygen atoms in total. The minimum Gasteiger partial charge on any atom is -0.497 e. The van der Waals surface area contributed by atoms with Gasteiger partial charge in [0.25, 0.3) is 0 Å². The van der Waals surface area contributed by atoms with Crippen LogP contribution in [0.2, 0.25) is 0 Å². The van der Waals surface area contributed by atoms with Crippen molar-refractivity contribution in [2.75, 3.05) is 26.7 Å². The maximum absolute atomic E-state index is 12.2. The fourth-order valence-corrected chi connectivity index (χ4v) is 3.48. The molecule has 1 saturated heterocycles. The largest absolute Gasteiger partial charge is 0.497 e. The Labute approximate surface area is 138 Å². The van der Waals surface area contributed by atoms with Gasteiger partial charge >= 0.3 is 0 Å². The zero-order chi connectivity index (χ0) is 14.7. The third-order valence-corrected chi connectivity index (χ3v) is 4.95. The van der Waals surface area contributed by atoms with E-state index < -0.39 is 0 Å². The molecule has 1 saturated carbocycles. The number of carbonyl (C=O) groups is 1. The van der Waals surface area contributed by atoms with E-state index in [-0.39, 0.29) is 24.2 Å². The van der Waals surface area contributed by atoms with Crippen molar-refractivity contribution in [2.45, 2.75) is 25.7 Å². The number of piperidine rings is 1. The summed E-state index contributed by atoms with van der Waals surface area (Å²) in [6.45, 7) is 2.83. The van der Waals surface area contributed by atoms with Gasteiger partial charge in [-0.1, -0.05) is 12.1 Å². The summed E-state index contributed by atoms with van der Waals surface area (Å²) in [6.07, 6.45) is 4.24. The summed E-state index contributed by atoms with van der Waals surface area (Å²) < 4.78 is 5.21. The van der Waals surface area contributed by atoms with Crippen LogP contribution in [-0.2, 0) is 11.2 Å². The van der Waals surface area contributed by atoms with Crippen molar-refractivity contribution >= 4 is 18.3 Å². The molecule has 1 aromatic rings. The maximum atomic E-state index is 12.2. The second-order valence-electron chi connectivity index (χ2n) is 6.26. The van der Waals surface area contributed by atoms with Crippen LogP contribution in [0, 0.1) is 11.3 Å². The number of rotatable bonds is 5. The van der Waals surface area contributed by atoms with Crippen molar-refractivity contribution < 1.29 is 9.53 Å². The van der Waals surface area contributed by atoms with Crippen LogP contribution < -0.4 is 15.4 Å². The number of ether oxygens (including phenoxy) is 1. The van der Waals surface area contributed by atoms with Crippen LogP contribution in [0.15, 0.2) is 24.3 Å². The molecule has 3 rings (SSSR count). The summed E-state index contributed by atoms with van der Waals surface area (Å²) in [5.74, 6) is 1.37. The van der Waals surface area contributed by atoms with Gasteiger partial charge in [0.05, 0.1) is 7.11 Å². The Hall–Kier alpha value is -1.26. The molecular formula is C17H25ClN2O2. The Kier molecular flexibility index (Phi) is 5.70. The molecule has 5 heteroatoms. The van der Waals surface area contributed by atoms with Crippen molar-refractivity contribution in [1.82, 2.24) is 10.6 Å². The SMILES string of the molecule is COc1cccc(CCNC(=O)C2CC23CCNCC3)c1.Cl. The molecule has 1 spiro atoms. The van der Waals surface area contributed by atoms with Crippen LogP contribution >= 0.6 is 12.4 Å². The van der Waals surface area contributed by atoms with E-state index in [1.807, 2.05) is 18.2 Å². The first kappa shape index (κ1) is 17.1. The van der Waals surface area contributed by atoms with E-state index >= 15 is 0 Å². The molecule has 1 amide bonds. The third kappa shape index (κ3) is 3.73. The van der Waals surface area contributed by atoms with Gasteiger partial charge in [-0.3, -0.25) is 4.79 Å². The van der Waals surface area contributed by atoms with Crippen LogP contribution in [0.25, 0.3) is 0 Å². The average Bonchev–Trinajstić information content (AvgIpc) is 3.21. The standard InChI is InChI=1S/C17H24N2O2.ClH/c1-21-14-4-2-3-13(11-14)5-8-19-16(20)15-12-17(15)6-9-18-10-7-17;/h2-4,11,15,18H,5-10,12H2,1H3,(H,19,20);1H. The van der Waals surface area contributed by atoms with Gasteiger partial charge in [0.1, 0.15) is 5.75 Å². The lowest BCUT2D eigenvalue weighted by Crippen LogP contribution is -2.34. The quantitative estimate of drug-likeness (QED) is 0.872. The fraction of sp³-hybridized carbons (Fsp3) is 0.588. The van der Waals surface area contributed by atoms with Gasteiger partial charge in [0.2, 0.25) is 5.91 Å². The highest BCUT2D eigenvalue weighted by molar-refractivity contribution is 5.85. The molecule has 2 aliphatic rings. The summed E-state index contributed by atoms with van der Waals surface area (Å²) in [6, 6.07) is 8.02. The summed E-state index contributed by atoms with van der Waals surface area (Å²) in [4.78, 5) is 12.2. The number of carbonyl (C=O) groups excluding carboxylic acids is 1. The summed E-state index contributed by atoms with van der Waals surface area (Å²) in [7, 11) is 1.67. The first-order valence-electron chi connectivity index (χ1n) is 7.85. The molecule has 0 aromatic heterocycles. The number of hydrogen-bond acceptors (Lipinski definition) is 3. The van der Waals surface area contributed by atoms with E-state index in [0.717, 1.165) is 44.5 Å². The highest BCUT2D eigenvalue weighted by Gasteiger charge is 2.57. The molecule has 1 aromatic carbocycles. The lowest BCUT2D eigenvalue weighted by Gasteiger charge is -2.23. The van der Waals surface area contributed by atoms with Crippen LogP contribution in [0.4, 0.5) is 0 Å². The Bertz CT molecular complexity index is 515. The smallest absolute Gasteiger partial charge is 0.223 e. The minimum atomic E-state index is 0. The molecule has 0 bridgehead atoms. The van der Waals surface area contributed by atoms with E-state index in [0.29, 0.717) is 12.0 Å². The van der Waals surface area contributed by atoms with Crippen molar-refractivity contribution in [1.29, 1.82) is 0 Å². The normalized spacial score (nSPS) is 21.8. The average molecular weight is 325 g/mol. The van der Waals surface area contributed by atoms with E-state index in [2.05, 4.69) is 16.7 Å². The number of benzene rings is 1. The molecule has 1 aliphatic carbocycles. The summed E-state index contributed by atoms with van der Waals surface area (Å²) >= 11 is 0. The Morgan fingerprint density at radius 3 is 2.91 bits per heavy atom. The van der Waals surface area contributed by atoms with Crippen LogP contribution in [-0.4, -0.2) is 32.7 Å². The molecule has 2 fully saturated rings. The van der Waals surface area contributed by atoms with E-state index in [1.54, 1.807) is 7.11 Å². The second-order valence-corrected chi connectivity index (χ2v) is 6.26. The predicted molar refractivity (Wildman–Crippen MR) is 89.6 cm³/mol. The Morgan fingerprint density at radius 2 is 2.18 bits per heavy atom. The van der Waals surface area contributed by atoms with Crippen LogP contribution in [0.1, 0.15) is 24.8 Å². The van der Waals surface area contributed by atoms with Crippen molar-refractivity contribution in [2.24, 2.45) is 11.3 Å². The van der Waals surface area contributed by atoms with Crippen LogP contribution in [0.3, 0.4) is 0 Å². The van der Waals surface area contributed by atoms with Gasteiger partial charge in [-0.15, -0.1) is 12.4 Å². The molecule has 1 heterocycles. The predicted octanol–water partition coefficient (Wildman–Crippen LogP) is 2.17. The topological polar surface area (TPSA) is 50.4 Å². The lowest BCUT2D eigenvalue weighted by molar-refractivity contribution is -0.123. The number of halogens is 1. The van der Waals surface area contributed by atoms with Gasteiger partial charge in [0.15, 0.2) is 0 Å². The molecule has 22 heavy (non-hydrogen) atoms. The van der Waals surface area contributed by atoms with Gasteiger partial charge in [-0.2, -0.15) is 0 Å². The molecule has 1 unspecified atom stereocenters. The number of methoxy groups -OCH3 is 1. The van der Waals surface area contributed by atoms with Crippen molar-refractivity contribution in [3.8, 4) is 5.75 Å². The third-order valence-electron chi connectivity index (χ3n) is 4.95. The monoisotopic (exact) mass is 324 g/mol. The fourth-order valence-electron chi connectivity index (χ4n) is 3.48. The highest BCUT2D eigenvalue weighted by Crippen LogP contribution is 2.58. The number of nitrogens with one attached hydrogen (secondary N) is 2. The van der Waals surface area contributed by atoms with E-state index in [9.17, 15) is 4.79 Å². The highest BCUT2D eigenvalue weighted by atomic mass is 35.5. The number of hydrogen-bond donors (Lipinski definition) is 2. The Morgan fingerprint density at radius 1 is 1.41 bits per heavy atom. The van der Waals surface area contributed by atoms with E-state index in [1.165, 1.54) is 5.56 Å². The molecule has 1 aliphatic heterocycles. The van der Waals surface area contributed by atoms with E-state index in [4.69, 9.17) is 4.74 Å². The van der Waals surface area contributed by atoms with Gasteiger partial charge in [-0.05, 0) is 61.9 Å². The molecular weight excluding hydrogens is 300 g/mol. The van der Waals surface area contributed by atoms with Gasteiger partial charge in [-0.25, -0.2) is 0 Å². The Balaban J connectivity index is 0.00000176. The van der Waals surface area contributed by atoms with Crippen LogP contribution in [0.5, 0.6) is 5.75 Å². The lowest BCUT2D eigenvalue weighted by atomic mass is 9.92. The van der Waals surface area contributed by atoms with Gasteiger partial charge in [0, 0.05) is 12.5 Å². The number of amides is 1. The first-order valence-corrected chi connectivity index (χ1v) is 7.85.